The third-order valence-corrected chi connectivity index (χ3v) is 4.25. The molecule has 0 bridgehead atoms. The van der Waals surface area contributed by atoms with Gasteiger partial charge in [0.25, 0.3) is 5.91 Å². The van der Waals surface area contributed by atoms with Gasteiger partial charge in [-0.1, -0.05) is 12.1 Å². The molecule has 0 aliphatic carbocycles. The van der Waals surface area contributed by atoms with E-state index < -0.39 is 5.91 Å². The Balaban J connectivity index is 2.00. The summed E-state index contributed by atoms with van der Waals surface area (Å²) >= 11 is 0. The van der Waals surface area contributed by atoms with E-state index in [0.717, 1.165) is 16.9 Å². The molecule has 0 saturated heterocycles. The number of carbonyl (C=O) groups excluding carboxylic acids is 1. The molecule has 0 radical (unpaired) electrons. The molecule has 0 heterocycles. The summed E-state index contributed by atoms with van der Waals surface area (Å²) in [5.74, 6) is 1.68. The molecule has 2 rings (SSSR count). The molecule has 7 nitrogen and oxygen atoms in total. The van der Waals surface area contributed by atoms with Crippen LogP contribution in [0.3, 0.4) is 0 Å². The Bertz CT molecular complexity index is 901. The van der Waals surface area contributed by atoms with E-state index in [0.29, 0.717) is 37.7 Å². The molecule has 30 heavy (non-hydrogen) atoms. The fourth-order valence-corrected chi connectivity index (χ4v) is 2.64. The number of amides is 1. The van der Waals surface area contributed by atoms with Gasteiger partial charge < -0.3 is 24.3 Å². The van der Waals surface area contributed by atoms with E-state index in [1.807, 2.05) is 24.3 Å². The number of ether oxygens (including phenoxy) is 4. The molecular formula is C23H26N2O5. The summed E-state index contributed by atoms with van der Waals surface area (Å²) in [6, 6.07) is 14.6. The third-order valence-electron chi connectivity index (χ3n) is 4.25. The second-order valence-electron chi connectivity index (χ2n) is 6.31. The van der Waals surface area contributed by atoms with Crippen molar-refractivity contribution in [3.63, 3.8) is 0 Å². The highest BCUT2D eigenvalue weighted by atomic mass is 16.5. The maximum atomic E-state index is 12.1. The largest absolute Gasteiger partial charge is 0.497 e. The number of hydrogen-bond donors (Lipinski definition) is 1. The van der Waals surface area contributed by atoms with Gasteiger partial charge in [-0.2, -0.15) is 5.26 Å². The lowest BCUT2D eigenvalue weighted by atomic mass is 10.1. The number of hydrogen-bond acceptors (Lipinski definition) is 6. The lowest BCUT2D eigenvalue weighted by Crippen LogP contribution is -2.26. The number of benzene rings is 2. The average molecular weight is 410 g/mol. The Morgan fingerprint density at radius 2 is 1.80 bits per heavy atom. The van der Waals surface area contributed by atoms with Crippen LogP contribution >= 0.6 is 0 Å². The van der Waals surface area contributed by atoms with Crippen molar-refractivity contribution >= 4 is 12.0 Å². The van der Waals surface area contributed by atoms with Crippen LogP contribution in [0.15, 0.2) is 48.0 Å². The minimum atomic E-state index is -0.404. The lowest BCUT2D eigenvalue weighted by Gasteiger charge is -2.12. The van der Waals surface area contributed by atoms with Crippen molar-refractivity contribution in [3.8, 4) is 23.3 Å². The first-order chi connectivity index (χ1) is 14.6. The standard InChI is InChI=1S/C23H26N2O5/c1-27-12-4-11-25-23(26)18(15-24)13-17-5-7-20(8-6-17)30-16-19-14-21(28-2)9-10-22(19)29-3/h5-10,13-14H,4,11-12,16H2,1-3H3,(H,25,26)/b18-13+. The Kier molecular flexibility index (Phi) is 9.22. The molecule has 2 aromatic rings. The van der Waals surface area contributed by atoms with Crippen LogP contribution in [0.5, 0.6) is 17.2 Å². The summed E-state index contributed by atoms with van der Waals surface area (Å²) in [5.41, 5.74) is 1.63. The van der Waals surface area contributed by atoms with Gasteiger partial charge >= 0.3 is 0 Å². The van der Waals surface area contributed by atoms with E-state index in [-0.39, 0.29) is 5.57 Å². The number of nitriles is 1. The molecule has 0 saturated carbocycles. The van der Waals surface area contributed by atoms with E-state index in [4.69, 9.17) is 18.9 Å². The predicted octanol–water partition coefficient (Wildman–Crippen LogP) is 3.34. The van der Waals surface area contributed by atoms with Gasteiger partial charge in [-0.25, -0.2) is 0 Å². The molecule has 0 aliphatic rings. The summed E-state index contributed by atoms with van der Waals surface area (Å²) in [5, 5.41) is 12.0. The number of nitrogens with one attached hydrogen (secondary N) is 1. The fraction of sp³-hybridized carbons (Fsp3) is 0.304. The van der Waals surface area contributed by atoms with Gasteiger partial charge in [0.1, 0.15) is 35.5 Å². The van der Waals surface area contributed by atoms with Gasteiger partial charge in [-0.3, -0.25) is 4.79 Å². The van der Waals surface area contributed by atoms with Crippen molar-refractivity contribution in [1.82, 2.24) is 5.32 Å². The van der Waals surface area contributed by atoms with E-state index >= 15 is 0 Å². The first kappa shape index (κ1) is 22.8. The normalized spacial score (nSPS) is 10.8. The zero-order valence-electron chi connectivity index (χ0n) is 17.4. The number of methoxy groups -OCH3 is 3. The second-order valence-corrected chi connectivity index (χ2v) is 6.31. The van der Waals surface area contributed by atoms with E-state index in [1.54, 1.807) is 51.7 Å². The van der Waals surface area contributed by atoms with Crippen molar-refractivity contribution in [3.05, 3.63) is 59.2 Å². The number of carbonyl (C=O) groups is 1. The molecule has 0 fully saturated rings. The Morgan fingerprint density at radius 3 is 2.43 bits per heavy atom. The van der Waals surface area contributed by atoms with Gasteiger partial charge in [0.2, 0.25) is 0 Å². The second kappa shape index (κ2) is 12.1. The van der Waals surface area contributed by atoms with Crippen molar-refractivity contribution in [2.75, 3.05) is 34.5 Å². The van der Waals surface area contributed by atoms with Crippen LogP contribution in [-0.2, 0) is 16.1 Å². The zero-order valence-corrected chi connectivity index (χ0v) is 17.4. The van der Waals surface area contributed by atoms with E-state index in [9.17, 15) is 10.1 Å². The van der Waals surface area contributed by atoms with Crippen molar-refractivity contribution in [1.29, 1.82) is 5.26 Å². The fourth-order valence-electron chi connectivity index (χ4n) is 2.64. The monoisotopic (exact) mass is 410 g/mol. The molecule has 0 spiro atoms. The Hall–Kier alpha value is -3.50. The van der Waals surface area contributed by atoms with Crippen LogP contribution in [0.2, 0.25) is 0 Å². The number of rotatable bonds is 11. The van der Waals surface area contributed by atoms with Crippen LogP contribution in [-0.4, -0.2) is 40.4 Å². The van der Waals surface area contributed by atoms with Crippen molar-refractivity contribution in [2.24, 2.45) is 0 Å². The molecule has 1 N–H and O–H groups in total. The maximum absolute atomic E-state index is 12.1. The minimum absolute atomic E-state index is 0.0437. The quantitative estimate of drug-likeness (QED) is 0.347. The highest BCUT2D eigenvalue weighted by molar-refractivity contribution is 6.01. The maximum Gasteiger partial charge on any atom is 0.261 e. The van der Waals surface area contributed by atoms with Crippen LogP contribution in [0.1, 0.15) is 17.5 Å². The topological polar surface area (TPSA) is 89.8 Å². The highest BCUT2D eigenvalue weighted by Crippen LogP contribution is 2.25. The SMILES string of the molecule is COCCCNC(=O)/C(C#N)=C/c1ccc(OCc2cc(OC)ccc2OC)cc1. The van der Waals surface area contributed by atoms with Gasteiger partial charge in [0.05, 0.1) is 14.2 Å². The molecule has 0 aromatic heterocycles. The molecule has 0 atom stereocenters. The van der Waals surface area contributed by atoms with Crippen LogP contribution in [0.4, 0.5) is 0 Å². The molecule has 0 aliphatic heterocycles. The molecular weight excluding hydrogens is 384 g/mol. The average Bonchev–Trinajstić information content (AvgIpc) is 2.79. The zero-order chi connectivity index (χ0) is 21.8. The van der Waals surface area contributed by atoms with Gasteiger partial charge in [0, 0.05) is 25.8 Å². The predicted molar refractivity (Wildman–Crippen MR) is 113 cm³/mol. The molecule has 2 aromatic carbocycles. The van der Waals surface area contributed by atoms with Gasteiger partial charge in [-0.15, -0.1) is 0 Å². The number of nitrogens with zero attached hydrogens (tertiary/aromatic N) is 1. The summed E-state index contributed by atoms with van der Waals surface area (Å²) in [4.78, 5) is 12.1. The first-order valence-electron chi connectivity index (χ1n) is 9.44. The lowest BCUT2D eigenvalue weighted by molar-refractivity contribution is -0.117. The molecule has 1 amide bonds. The van der Waals surface area contributed by atoms with E-state index in [1.165, 1.54) is 0 Å². The van der Waals surface area contributed by atoms with Gasteiger partial charge in [0.15, 0.2) is 0 Å². The third kappa shape index (κ3) is 6.83. The Morgan fingerprint density at radius 1 is 1.07 bits per heavy atom. The van der Waals surface area contributed by atoms with Crippen LogP contribution in [0, 0.1) is 11.3 Å². The minimum Gasteiger partial charge on any atom is -0.497 e. The van der Waals surface area contributed by atoms with Crippen molar-refractivity contribution < 1.29 is 23.7 Å². The van der Waals surface area contributed by atoms with E-state index in [2.05, 4.69) is 5.32 Å². The summed E-state index contributed by atoms with van der Waals surface area (Å²) < 4.78 is 21.4. The molecule has 158 valence electrons. The highest BCUT2D eigenvalue weighted by Gasteiger charge is 2.09. The smallest absolute Gasteiger partial charge is 0.261 e. The summed E-state index contributed by atoms with van der Waals surface area (Å²) in [6.07, 6.45) is 2.23. The first-order valence-corrected chi connectivity index (χ1v) is 9.44. The van der Waals surface area contributed by atoms with Crippen molar-refractivity contribution in [2.45, 2.75) is 13.0 Å². The molecule has 7 heteroatoms. The van der Waals surface area contributed by atoms with Gasteiger partial charge in [-0.05, 0) is 48.4 Å². The summed E-state index contributed by atoms with van der Waals surface area (Å²) in [7, 11) is 4.81. The molecule has 0 unspecified atom stereocenters. The van der Waals surface area contributed by atoms with Crippen LogP contribution in [0.25, 0.3) is 6.08 Å². The Labute approximate surface area is 176 Å². The van der Waals surface area contributed by atoms with Crippen LogP contribution < -0.4 is 19.5 Å². The summed E-state index contributed by atoms with van der Waals surface area (Å²) in [6.45, 7) is 1.31.